The Morgan fingerprint density at radius 3 is 2.74 bits per heavy atom. The molecule has 1 aliphatic rings. The third kappa shape index (κ3) is 2.67. The zero-order valence-corrected chi connectivity index (χ0v) is 12.8. The molecule has 1 aliphatic heterocycles. The summed E-state index contributed by atoms with van der Waals surface area (Å²) in [5, 5.41) is 4.46. The maximum Gasteiger partial charge on any atom is 0.132 e. The van der Waals surface area contributed by atoms with E-state index >= 15 is 0 Å². The largest absolute Gasteiger partial charge is 0.346 e. The summed E-state index contributed by atoms with van der Waals surface area (Å²) in [6.45, 7) is 4.11. The van der Waals surface area contributed by atoms with Gasteiger partial charge in [-0.25, -0.2) is 14.4 Å². The van der Waals surface area contributed by atoms with E-state index in [0.717, 1.165) is 30.3 Å². The predicted octanol–water partition coefficient (Wildman–Crippen LogP) is 2.69. The topological polar surface area (TPSA) is 46.8 Å². The average molecular weight is 309 g/mol. The highest BCUT2D eigenvalue weighted by Crippen LogP contribution is 2.27. The summed E-state index contributed by atoms with van der Waals surface area (Å²) in [6.07, 6.45) is 3.69. The van der Waals surface area contributed by atoms with Crippen LogP contribution in [0.4, 0.5) is 10.2 Å². The lowest BCUT2D eigenvalue weighted by atomic mass is 10.2. The first-order chi connectivity index (χ1) is 11.2. The number of halogens is 1. The molecule has 6 heteroatoms. The minimum Gasteiger partial charge on any atom is -0.346 e. The SMILES string of the molecule is Cc1nccc(N2Cc3cnn(Cc4ccc(F)cc4)c3C2)n1. The molecule has 3 aromatic rings. The first kappa shape index (κ1) is 13.9. The lowest BCUT2D eigenvalue weighted by Crippen LogP contribution is -2.18. The summed E-state index contributed by atoms with van der Waals surface area (Å²) in [5.74, 6) is 1.48. The highest BCUT2D eigenvalue weighted by Gasteiger charge is 2.24. The van der Waals surface area contributed by atoms with E-state index in [9.17, 15) is 4.39 Å². The van der Waals surface area contributed by atoms with E-state index in [1.165, 1.54) is 23.4 Å². The van der Waals surface area contributed by atoms with Gasteiger partial charge in [-0.15, -0.1) is 0 Å². The second-order valence-corrected chi connectivity index (χ2v) is 5.72. The van der Waals surface area contributed by atoms with Crippen LogP contribution >= 0.6 is 0 Å². The van der Waals surface area contributed by atoms with E-state index in [-0.39, 0.29) is 5.82 Å². The third-order valence-electron chi connectivity index (χ3n) is 4.07. The number of nitrogens with zero attached hydrogens (tertiary/aromatic N) is 5. The van der Waals surface area contributed by atoms with Crippen molar-refractivity contribution in [3.05, 3.63) is 71.2 Å². The van der Waals surface area contributed by atoms with Gasteiger partial charge in [0, 0.05) is 18.3 Å². The fourth-order valence-electron chi connectivity index (χ4n) is 2.89. The molecule has 5 nitrogen and oxygen atoms in total. The van der Waals surface area contributed by atoms with Crippen molar-refractivity contribution in [2.45, 2.75) is 26.6 Å². The summed E-state index contributed by atoms with van der Waals surface area (Å²) in [4.78, 5) is 10.8. The van der Waals surface area contributed by atoms with Crippen LogP contribution < -0.4 is 4.90 Å². The fraction of sp³-hybridized carbons (Fsp3) is 0.235. The van der Waals surface area contributed by atoms with E-state index < -0.39 is 0 Å². The zero-order valence-electron chi connectivity index (χ0n) is 12.8. The van der Waals surface area contributed by atoms with Crippen molar-refractivity contribution in [2.24, 2.45) is 0 Å². The number of hydrogen-bond acceptors (Lipinski definition) is 4. The first-order valence-electron chi connectivity index (χ1n) is 7.51. The lowest BCUT2D eigenvalue weighted by molar-refractivity contribution is 0.620. The Labute approximate surface area is 133 Å². The fourth-order valence-corrected chi connectivity index (χ4v) is 2.89. The number of hydrogen-bond donors (Lipinski definition) is 0. The molecule has 1 aromatic carbocycles. The van der Waals surface area contributed by atoms with Crippen LogP contribution in [0, 0.1) is 12.7 Å². The van der Waals surface area contributed by atoms with Crippen LogP contribution in [-0.4, -0.2) is 19.7 Å². The number of aryl methyl sites for hydroxylation is 1. The van der Waals surface area contributed by atoms with Crippen molar-refractivity contribution in [1.82, 2.24) is 19.7 Å². The molecular formula is C17H16FN5. The molecule has 0 saturated heterocycles. The summed E-state index contributed by atoms with van der Waals surface area (Å²) >= 11 is 0. The highest BCUT2D eigenvalue weighted by molar-refractivity contribution is 5.44. The number of aromatic nitrogens is 4. The van der Waals surface area contributed by atoms with Crippen LogP contribution in [0.3, 0.4) is 0 Å². The highest BCUT2D eigenvalue weighted by atomic mass is 19.1. The van der Waals surface area contributed by atoms with Crippen molar-refractivity contribution in [1.29, 1.82) is 0 Å². The van der Waals surface area contributed by atoms with Crippen LogP contribution in [0.15, 0.2) is 42.7 Å². The number of benzene rings is 1. The van der Waals surface area contributed by atoms with E-state index in [4.69, 9.17) is 0 Å². The number of fused-ring (bicyclic) bond motifs is 1. The van der Waals surface area contributed by atoms with Gasteiger partial charge in [0.05, 0.1) is 25.0 Å². The summed E-state index contributed by atoms with van der Waals surface area (Å²) in [5.41, 5.74) is 3.43. The van der Waals surface area contributed by atoms with Crippen LogP contribution in [0.1, 0.15) is 22.6 Å². The van der Waals surface area contributed by atoms with E-state index in [1.807, 2.05) is 23.9 Å². The first-order valence-corrected chi connectivity index (χ1v) is 7.51. The molecule has 3 heterocycles. The van der Waals surface area contributed by atoms with Gasteiger partial charge in [-0.2, -0.15) is 5.10 Å². The van der Waals surface area contributed by atoms with Gasteiger partial charge in [0.15, 0.2) is 0 Å². The molecule has 0 aliphatic carbocycles. The zero-order chi connectivity index (χ0) is 15.8. The molecule has 23 heavy (non-hydrogen) atoms. The smallest absolute Gasteiger partial charge is 0.132 e. The predicted molar refractivity (Wildman–Crippen MR) is 84.4 cm³/mol. The van der Waals surface area contributed by atoms with Crippen LogP contribution in [0.5, 0.6) is 0 Å². The van der Waals surface area contributed by atoms with Gasteiger partial charge in [0.25, 0.3) is 0 Å². The Morgan fingerprint density at radius 2 is 1.96 bits per heavy atom. The molecule has 0 radical (unpaired) electrons. The van der Waals surface area contributed by atoms with Gasteiger partial charge in [0.2, 0.25) is 0 Å². The van der Waals surface area contributed by atoms with Gasteiger partial charge in [-0.3, -0.25) is 4.68 Å². The maximum atomic E-state index is 13.0. The molecule has 0 atom stereocenters. The minimum atomic E-state index is -0.218. The van der Waals surface area contributed by atoms with Gasteiger partial charge in [0.1, 0.15) is 17.5 Å². The van der Waals surface area contributed by atoms with Gasteiger partial charge in [-0.05, 0) is 30.7 Å². The molecule has 0 bridgehead atoms. The summed E-state index contributed by atoms with van der Waals surface area (Å²) < 4.78 is 15.0. The van der Waals surface area contributed by atoms with E-state index in [1.54, 1.807) is 18.3 Å². The second-order valence-electron chi connectivity index (χ2n) is 5.72. The maximum absolute atomic E-state index is 13.0. The lowest BCUT2D eigenvalue weighted by Gasteiger charge is -2.17. The van der Waals surface area contributed by atoms with Gasteiger partial charge in [-0.1, -0.05) is 12.1 Å². The molecule has 2 aromatic heterocycles. The molecular weight excluding hydrogens is 293 g/mol. The van der Waals surface area contributed by atoms with Crippen molar-refractivity contribution >= 4 is 5.82 Å². The van der Waals surface area contributed by atoms with Crippen molar-refractivity contribution < 1.29 is 4.39 Å². The monoisotopic (exact) mass is 309 g/mol. The van der Waals surface area contributed by atoms with Crippen LogP contribution in [-0.2, 0) is 19.6 Å². The molecule has 0 unspecified atom stereocenters. The molecule has 0 spiro atoms. The van der Waals surface area contributed by atoms with Gasteiger partial charge < -0.3 is 4.90 Å². The third-order valence-corrected chi connectivity index (χ3v) is 4.07. The minimum absolute atomic E-state index is 0.218. The Kier molecular flexibility index (Phi) is 3.29. The van der Waals surface area contributed by atoms with Crippen molar-refractivity contribution in [3.63, 3.8) is 0 Å². The van der Waals surface area contributed by atoms with E-state index in [2.05, 4.69) is 20.0 Å². The van der Waals surface area contributed by atoms with Gasteiger partial charge >= 0.3 is 0 Å². The summed E-state index contributed by atoms with van der Waals surface area (Å²) in [7, 11) is 0. The second kappa shape index (κ2) is 5.46. The normalized spacial score (nSPS) is 13.4. The molecule has 0 N–H and O–H groups in total. The Morgan fingerprint density at radius 1 is 1.13 bits per heavy atom. The molecule has 0 saturated carbocycles. The van der Waals surface area contributed by atoms with Crippen molar-refractivity contribution in [2.75, 3.05) is 4.90 Å². The number of rotatable bonds is 3. The van der Waals surface area contributed by atoms with E-state index in [0.29, 0.717) is 6.54 Å². The Bertz CT molecular complexity index is 840. The molecule has 0 fully saturated rings. The van der Waals surface area contributed by atoms with Crippen LogP contribution in [0.2, 0.25) is 0 Å². The quantitative estimate of drug-likeness (QED) is 0.746. The Balaban J connectivity index is 1.56. The average Bonchev–Trinajstić information content (AvgIpc) is 3.11. The standard InChI is InChI=1S/C17H16FN5/c1-12-19-7-6-17(21-12)22-10-14-8-20-23(16(14)11-22)9-13-2-4-15(18)5-3-13/h2-8H,9-11H2,1H3. The van der Waals surface area contributed by atoms with Crippen LogP contribution in [0.25, 0.3) is 0 Å². The molecule has 4 rings (SSSR count). The summed E-state index contributed by atoms with van der Waals surface area (Å²) in [6, 6.07) is 8.48. The molecule has 116 valence electrons. The Hall–Kier alpha value is -2.76. The molecule has 0 amide bonds. The van der Waals surface area contributed by atoms with Crippen molar-refractivity contribution in [3.8, 4) is 0 Å². The number of anilines is 1.